The normalized spacial score (nSPS) is 24.7. The molecule has 0 unspecified atom stereocenters. The van der Waals surface area contributed by atoms with E-state index in [0.29, 0.717) is 6.61 Å². The lowest BCUT2D eigenvalue weighted by molar-refractivity contribution is -0.918. The van der Waals surface area contributed by atoms with Gasteiger partial charge in [-0.2, -0.15) is 0 Å². The number of hydrogen-bond donors (Lipinski definition) is 1. The summed E-state index contributed by atoms with van der Waals surface area (Å²) >= 11 is 0. The summed E-state index contributed by atoms with van der Waals surface area (Å²) < 4.78 is 6.77. The summed E-state index contributed by atoms with van der Waals surface area (Å²) in [7, 11) is 2.25. The van der Waals surface area contributed by atoms with E-state index in [2.05, 4.69) is 38.2 Å². The van der Waals surface area contributed by atoms with Crippen molar-refractivity contribution in [2.24, 2.45) is 5.92 Å². The van der Waals surface area contributed by atoms with E-state index in [-0.39, 0.29) is 0 Å². The van der Waals surface area contributed by atoms with Gasteiger partial charge in [-0.3, -0.25) is 0 Å². The number of rotatable bonds is 6. The average molecular weight is 340 g/mol. The molecular weight excluding hydrogens is 310 g/mol. The van der Waals surface area contributed by atoms with Crippen molar-refractivity contribution in [1.29, 1.82) is 0 Å². The van der Waals surface area contributed by atoms with Crippen molar-refractivity contribution >= 4 is 0 Å². The topological polar surface area (TPSA) is 29.5 Å². The van der Waals surface area contributed by atoms with Gasteiger partial charge in [-0.25, -0.2) is 0 Å². The van der Waals surface area contributed by atoms with Gasteiger partial charge in [0.05, 0.1) is 20.1 Å². The van der Waals surface area contributed by atoms with Crippen molar-refractivity contribution in [2.75, 3.05) is 33.3 Å². The molecule has 0 aliphatic carbocycles. The molecule has 0 spiro atoms. The first-order chi connectivity index (χ1) is 12.0. The zero-order valence-corrected chi connectivity index (χ0v) is 15.4. The number of piperidine rings is 1. The van der Waals surface area contributed by atoms with Crippen LogP contribution < -0.4 is 4.74 Å². The summed E-state index contributed by atoms with van der Waals surface area (Å²) in [6.07, 6.45) is 2.09. The second-order valence-corrected chi connectivity index (χ2v) is 7.79. The Bertz CT molecular complexity index is 645. The van der Waals surface area contributed by atoms with E-state index < -0.39 is 6.10 Å². The maximum atomic E-state index is 10.4. The van der Waals surface area contributed by atoms with Crippen molar-refractivity contribution in [3.8, 4) is 16.9 Å². The fraction of sp³-hybridized carbons (Fsp3) is 0.455. The van der Waals surface area contributed by atoms with Gasteiger partial charge in [0.25, 0.3) is 0 Å². The largest absolute Gasteiger partial charge is 0.491 e. The molecule has 2 aromatic rings. The fourth-order valence-corrected chi connectivity index (χ4v) is 3.63. The van der Waals surface area contributed by atoms with Crippen LogP contribution >= 0.6 is 0 Å². The Morgan fingerprint density at radius 1 is 1.00 bits per heavy atom. The third-order valence-corrected chi connectivity index (χ3v) is 5.38. The molecule has 1 aliphatic rings. The van der Waals surface area contributed by atoms with Crippen LogP contribution in [0.25, 0.3) is 11.1 Å². The first kappa shape index (κ1) is 18.0. The molecule has 3 nitrogen and oxygen atoms in total. The third kappa shape index (κ3) is 5.07. The first-order valence-electron chi connectivity index (χ1n) is 9.34. The van der Waals surface area contributed by atoms with Crippen LogP contribution in [0, 0.1) is 5.92 Å². The number of aliphatic hydroxyl groups is 1. The Hall–Kier alpha value is -1.84. The fourth-order valence-electron chi connectivity index (χ4n) is 3.63. The van der Waals surface area contributed by atoms with Crippen molar-refractivity contribution in [1.82, 2.24) is 0 Å². The number of quaternary nitrogens is 1. The minimum absolute atomic E-state index is 0.355. The minimum atomic E-state index is -0.424. The molecule has 2 aromatic carbocycles. The van der Waals surface area contributed by atoms with E-state index in [1.54, 1.807) is 0 Å². The predicted molar refractivity (Wildman–Crippen MR) is 103 cm³/mol. The van der Waals surface area contributed by atoms with Gasteiger partial charge in [-0.05, 0) is 42.0 Å². The molecule has 1 atom stereocenters. The first-order valence-corrected chi connectivity index (χ1v) is 9.34. The monoisotopic (exact) mass is 340 g/mol. The molecule has 1 aliphatic heterocycles. The molecule has 1 saturated heterocycles. The Balaban J connectivity index is 1.50. The number of nitrogens with zero attached hydrogens (tertiary/aromatic N) is 1. The zero-order chi connectivity index (χ0) is 17.7. The highest BCUT2D eigenvalue weighted by Crippen LogP contribution is 2.23. The summed E-state index contributed by atoms with van der Waals surface area (Å²) in [5.41, 5.74) is 2.37. The van der Waals surface area contributed by atoms with Crippen LogP contribution in [0.1, 0.15) is 19.8 Å². The number of likely N-dealkylation sites (tertiary alicyclic amines) is 1. The second-order valence-electron chi connectivity index (χ2n) is 7.79. The summed E-state index contributed by atoms with van der Waals surface area (Å²) in [5, 5.41) is 10.4. The molecule has 134 valence electrons. The van der Waals surface area contributed by atoms with Gasteiger partial charge in [0, 0.05) is 0 Å². The van der Waals surface area contributed by atoms with Crippen LogP contribution in [0.15, 0.2) is 54.6 Å². The van der Waals surface area contributed by atoms with E-state index in [1.807, 2.05) is 30.3 Å². The third-order valence-electron chi connectivity index (χ3n) is 5.38. The molecule has 1 heterocycles. The van der Waals surface area contributed by atoms with E-state index in [0.717, 1.165) is 35.8 Å². The van der Waals surface area contributed by atoms with Gasteiger partial charge < -0.3 is 14.3 Å². The summed E-state index contributed by atoms with van der Waals surface area (Å²) in [4.78, 5) is 0. The molecule has 0 bridgehead atoms. The lowest BCUT2D eigenvalue weighted by Crippen LogP contribution is -2.54. The van der Waals surface area contributed by atoms with Crippen LogP contribution in [0.3, 0.4) is 0 Å². The van der Waals surface area contributed by atoms with Gasteiger partial charge >= 0.3 is 0 Å². The number of ether oxygens (including phenoxy) is 1. The van der Waals surface area contributed by atoms with Gasteiger partial charge in [0.2, 0.25) is 0 Å². The molecule has 0 aromatic heterocycles. The maximum absolute atomic E-state index is 10.4. The molecular formula is C22H30NO2+. The van der Waals surface area contributed by atoms with Crippen LogP contribution in [0.2, 0.25) is 0 Å². The Morgan fingerprint density at radius 2 is 1.60 bits per heavy atom. The van der Waals surface area contributed by atoms with E-state index in [1.165, 1.54) is 24.0 Å². The molecule has 0 radical (unpaired) electrons. The maximum Gasteiger partial charge on any atom is 0.137 e. The number of benzene rings is 2. The molecule has 1 fully saturated rings. The van der Waals surface area contributed by atoms with Crippen LogP contribution in [0.5, 0.6) is 5.75 Å². The molecule has 0 amide bonds. The van der Waals surface area contributed by atoms with Crippen molar-refractivity contribution in [3.05, 3.63) is 54.6 Å². The van der Waals surface area contributed by atoms with Crippen molar-refractivity contribution < 1.29 is 14.3 Å². The molecule has 1 N–H and O–H groups in total. The lowest BCUT2D eigenvalue weighted by atomic mass is 9.97. The van der Waals surface area contributed by atoms with E-state index in [9.17, 15) is 5.11 Å². The quantitative estimate of drug-likeness (QED) is 0.806. The summed E-state index contributed by atoms with van der Waals surface area (Å²) in [6, 6.07) is 18.4. The highest BCUT2D eigenvalue weighted by Gasteiger charge is 2.30. The SMILES string of the molecule is CC1CC[N+](C)(C[C@H](O)COc2ccc(-c3ccccc3)cc2)CC1. The van der Waals surface area contributed by atoms with Crippen molar-refractivity contribution in [2.45, 2.75) is 25.9 Å². The van der Waals surface area contributed by atoms with Gasteiger partial charge in [0.15, 0.2) is 0 Å². The van der Waals surface area contributed by atoms with Crippen LogP contribution in [-0.2, 0) is 0 Å². The Kier molecular flexibility index (Phi) is 5.77. The predicted octanol–water partition coefficient (Wildman–Crippen LogP) is 3.97. The number of hydrogen-bond acceptors (Lipinski definition) is 2. The van der Waals surface area contributed by atoms with E-state index >= 15 is 0 Å². The molecule has 3 rings (SSSR count). The van der Waals surface area contributed by atoms with Gasteiger partial charge in [0.1, 0.15) is 25.0 Å². The van der Waals surface area contributed by atoms with Crippen LogP contribution in [-0.4, -0.2) is 49.0 Å². The molecule has 0 saturated carbocycles. The lowest BCUT2D eigenvalue weighted by Gasteiger charge is -2.41. The average Bonchev–Trinajstić information content (AvgIpc) is 2.64. The van der Waals surface area contributed by atoms with Crippen molar-refractivity contribution in [3.63, 3.8) is 0 Å². The Morgan fingerprint density at radius 3 is 2.24 bits per heavy atom. The molecule has 25 heavy (non-hydrogen) atoms. The van der Waals surface area contributed by atoms with E-state index in [4.69, 9.17) is 4.74 Å². The molecule has 3 heteroatoms. The second kappa shape index (κ2) is 8.03. The highest BCUT2D eigenvalue weighted by molar-refractivity contribution is 5.63. The summed E-state index contributed by atoms with van der Waals surface area (Å²) in [5.74, 6) is 1.64. The minimum Gasteiger partial charge on any atom is -0.491 e. The van der Waals surface area contributed by atoms with Crippen LogP contribution in [0.4, 0.5) is 0 Å². The smallest absolute Gasteiger partial charge is 0.137 e. The highest BCUT2D eigenvalue weighted by atomic mass is 16.5. The zero-order valence-electron chi connectivity index (χ0n) is 15.4. The summed E-state index contributed by atoms with van der Waals surface area (Å²) in [6.45, 7) is 5.76. The standard InChI is InChI=1S/C22H30NO2/c1-18-12-14-23(2,15-13-18)16-21(24)17-25-22-10-8-20(9-11-22)19-6-4-3-5-7-19/h3-11,18,21,24H,12-17H2,1-2H3/q+1/t18?,21-,23?/m0/s1. The number of likely N-dealkylation sites (N-methyl/N-ethyl adjacent to an activating group) is 1. The number of aliphatic hydroxyl groups excluding tert-OH is 1. The van der Waals surface area contributed by atoms with Gasteiger partial charge in [-0.15, -0.1) is 0 Å². The Labute approximate surface area is 151 Å². The van der Waals surface area contributed by atoms with Gasteiger partial charge in [-0.1, -0.05) is 49.4 Å².